The second-order valence-electron chi connectivity index (χ2n) is 3.80. The first kappa shape index (κ1) is 19.6. The minimum absolute atomic E-state index is 0.955. The maximum atomic E-state index is 5.76. The van der Waals surface area contributed by atoms with Crippen molar-refractivity contribution >= 4 is 11.8 Å². The Morgan fingerprint density at radius 3 is 1.43 bits per heavy atom. The molecule has 2 aromatic rings. The van der Waals surface area contributed by atoms with Gasteiger partial charge in [-0.05, 0) is 24.3 Å². The summed E-state index contributed by atoms with van der Waals surface area (Å²) in [4.78, 5) is 2.37. The summed E-state index contributed by atoms with van der Waals surface area (Å²) in [6, 6.07) is 16.2. The highest BCUT2D eigenvalue weighted by Crippen LogP contribution is 2.46. The van der Waals surface area contributed by atoms with Crippen molar-refractivity contribution in [2.24, 2.45) is 0 Å². The second kappa shape index (κ2) is 12.3. The van der Waals surface area contributed by atoms with Crippen LogP contribution >= 0.6 is 11.8 Å². The quantitative estimate of drug-likeness (QED) is 0.427. The molecule has 0 atom stereocenters. The van der Waals surface area contributed by atoms with Crippen LogP contribution in [0.25, 0.3) is 0 Å². The fourth-order valence-electron chi connectivity index (χ4n) is 1.47. The average molecular weight is 304 g/mol. The summed E-state index contributed by atoms with van der Waals surface area (Å²) < 4.78 is 5.76. The molecule has 0 bridgehead atoms. The van der Waals surface area contributed by atoms with Crippen LogP contribution in [-0.4, -0.2) is 0 Å². The van der Waals surface area contributed by atoms with Gasteiger partial charge in [0.2, 0.25) is 0 Å². The van der Waals surface area contributed by atoms with Crippen LogP contribution in [0, 0.1) is 0 Å². The molecule has 0 saturated carbocycles. The van der Waals surface area contributed by atoms with Gasteiger partial charge in [-0.1, -0.05) is 84.0 Å². The highest BCUT2D eigenvalue weighted by atomic mass is 32.2. The van der Waals surface area contributed by atoms with E-state index in [9.17, 15) is 0 Å². The van der Waals surface area contributed by atoms with Crippen LogP contribution in [0.15, 0.2) is 58.3 Å². The maximum absolute atomic E-state index is 5.76. The molecule has 0 saturated heterocycles. The van der Waals surface area contributed by atoms with Crippen LogP contribution < -0.4 is 4.74 Å². The zero-order valence-electron chi connectivity index (χ0n) is 14.1. The Morgan fingerprint density at radius 1 is 0.714 bits per heavy atom. The lowest BCUT2D eigenvalue weighted by atomic mass is 10.3. The summed E-state index contributed by atoms with van der Waals surface area (Å²) in [5, 5.41) is 0. The summed E-state index contributed by atoms with van der Waals surface area (Å²) >= 11 is 1.76. The van der Waals surface area contributed by atoms with Gasteiger partial charge in [-0.15, -0.1) is 0 Å². The molecule has 0 radical (unpaired) electrons. The van der Waals surface area contributed by atoms with E-state index in [4.69, 9.17) is 4.74 Å². The molecule has 2 heteroatoms. The van der Waals surface area contributed by atoms with Gasteiger partial charge in [-0.2, -0.15) is 0 Å². The Bertz CT molecular complexity index is 407. The van der Waals surface area contributed by atoms with E-state index in [2.05, 4.69) is 26.0 Å². The summed E-state index contributed by atoms with van der Waals surface area (Å²) in [6.45, 7) is 12.2. The van der Waals surface area contributed by atoms with Gasteiger partial charge in [0.15, 0.2) is 0 Å². The molecule has 1 nitrogen and oxygen atoms in total. The molecule has 0 aromatic heterocycles. The lowest BCUT2D eigenvalue weighted by molar-refractivity contribution is 0.454. The molecule has 0 N–H and O–H groups in total. The van der Waals surface area contributed by atoms with Gasteiger partial charge in [0.1, 0.15) is 11.5 Å². The summed E-state index contributed by atoms with van der Waals surface area (Å²) in [5.74, 6) is 1.91. The standard InChI is InChI=1S/C12H8OS.C3H8.2C2H6/c1-3-7-11-9(5-1)13-10-6-2-4-8-12(10)14-11;1-3-2;2*1-2/h1-8H;3H2,1-2H3;2*1-2H3. The normalized spacial score (nSPS) is 9.81. The highest BCUT2D eigenvalue weighted by Gasteiger charge is 2.15. The smallest absolute Gasteiger partial charge is 0.141 e. The van der Waals surface area contributed by atoms with Crippen molar-refractivity contribution in [2.45, 2.75) is 57.8 Å². The fourth-order valence-corrected chi connectivity index (χ4v) is 2.43. The van der Waals surface area contributed by atoms with Gasteiger partial charge in [0.05, 0.1) is 9.79 Å². The number of rotatable bonds is 0. The molecule has 116 valence electrons. The third-order valence-electron chi connectivity index (χ3n) is 2.14. The van der Waals surface area contributed by atoms with E-state index in [-0.39, 0.29) is 0 Å². The number of benzene rings is 2. The van der Waals surface area contributed by atoms with Gasteiger partial charge >= 0.3 is 0 Å². The number of hydrogen-bond donors (Lipinski definition) is 0. The second-order valence-corrected chi connectivity index (χ2v) is 4.89. The molecule has 0 amide bonds. The van der Waals surface area contributed by atoms with Crippen LogP contribution in [0.4, 0.5) is 0 Å². The molecule has 3 rings (SSSR count). The number of fused-ring (bicyclic) bond motifs is 2. The lowest BCUT2D eigenvalue weighted by Gasteiger charge is -2.18. The first-order valence-corrected chi connectivity index (χ1v) is 8.70. The van der Waals surface area contributed by atoms with Crippen molar-refractivity contribution in [3.05, 3.63) is 48.5 Å². The van der Waals surface area contributed by atoms with Crippen LogP contribution in [-0.2, 0) is 0 Å². The van der Waals surface area contributed by atoms with Gasteiger partial charge < -0.3 is 4.74 Å². The molecule has 0 unspecified atom stereocenters. The third-order valence-corrected chi connectivity index (χ3v) is 3.25. The number of ether oxygens (including phenoxy) is 1. The lowest BCUT2D eigenvalue weighted by Crippen LogP contribution is -1.93. The minimum atomic E-state index is 0.955. The van der Waals surface area contributed by atoms with Crippen LogP contribution in [0.1, 0.15) is 48.0 Å². The molecule has 0 fully saturated rings. The van der Waals surface area contributed by atoms with Crippen molar-refractivity contribution < 1.29 is 4.74 Å². The maximum Gasteiger partial charge on any atom is 0.141 e. The van der Waals surface area contributed by atoms with Gasteiger partial charge in [-0.3, -0.25) is 0 Å². The van der Waals surface area contributed by atoms with Crippen LogP contribution in [0.3, 0.4) is 0 Å². The SMILES string of the molecule is CC.CC.CCC.c1ccc2c(c1)Oc1ccccc1S2. The molecular formula is C19H28OS. The molecule has 1 aliphatic rings. The predicted octanol–water partition coefficient (Wildman–Crippen LogP) is 7.41. The van der Waals surface area contributed by atoms with E-state index < -0.39 is 0 Å². The van der Waals surface area contributed by atoms with Gasteiger partial charge in [0.25, 0.3) is 0 Å². The van der Waals surface area contributed by atoms with Crippen molar-refractivity contribution in [3.8, 4) is 11.5 Å². The molecular weight excluding hydrogens is 276 g/mol. The Morgan fingerprint density at radius 2 is 1.05 bits per heavy atom. The van der Waals surface area contributed by atoms with Gasteiger partial charge in [0, 0.05) is 0 Å². The Labute approximate surface area is 134 Å². The van der Waals surface area contributed by atoms with Crippen molar-refractivity contribution in [3.63, 3.8) is 0 Å². The fraction of sp³-hybridized carbons (Fsp3) is 0.368. The molecule has 1 heterocycles. The largest absolute Gasteiger partial charge is 0.455 e. The van der Waals surface area contributed by atoms with Gasteiger partial charge in [-0.25, -0.2) is 0 Å². The Balaban J connectivity index is 0.000000500. The van der Waals surface area contributed by atoms with E-state index in [0.717, 1.165) is 11.5 Å². The molecule has 21 heavy (non-hydrogen) atoms. The number of para-hydroxylation sites is 2. The van der Waals surface area contributed by atoms with Crippen molar-refractivity contribution in [1.82, 2.24) is 0 Å². The third kappa shape index (κ3) is 6.26. The Hall–Kier alpha value is -1.41. The van der Waals surface area contributed by atoms with E-state index in [1.54, 1.807) is 11.8 Å². The van der Waals surface area contributed by atoms with Crippen LogP contribution in [0.5, 0.6) is 11.5 Å². The summed E-state index contributed by atoms with van der Waals surface area (Å²) in [6.07, 6.45) is 1.25. The first-order valence-electron chi connectivity index (χ1n) is 7.89. The minimum Gasteiger partial charge on any atom is -0.455 e. The topological polar surface area (TPSA) is 9.23 Å². The summed E-state index contributed by atoms with van der Waals surface area (Å²) in [5.41, 5.74) is 0. The molecule has 0 aliphatic carbocycles. The van der Waals surface area contributed by atoms with Crippen molar-refractivity contribution in [2.75, 3.05) is 0 Å². The highest BCUT2D eigenvalue weighted by molar-refractivity contribution is 7.99. The zero-order valence-corrected chi connectivity index (χ0v) is 15.0. The molecule has 0 spiro atoms. The molecule has 1 aliphatic heterocycles. The average Bonchev–Trinajstić information content (AvgIpc) is 2.57. The van der Waals surface area contributed by atoms with Crippen LogP contribution in [0.2, 0.25) is 0 Å². The predicted molar refractivity (Wildman–Crippen MR) is 95.7 cm³/mol. The molecule has 2 aromatic carbocycles. The summed E-state index contributed by atoms with van der Waals surface area (Å²) in [7, 11) is 0. The zero-order chi connectivity index (χ0) is 16.1. The van der Waals surface area contributed by atoms with E-state index >= 15 is 0 Å². The van der Waals surface area contributed by atoms with E-state index in [0.29, 0.717) is 0 Å². The van der Waals surface area contributed by atoms with E-state index in [1.807, 2.05) is 64.1 Å². The van der Waals surface area contributed by atoms with E-state index in [1.165, 1.54) is 16.2 Å². The first-order chi connectivity index (χ1) is 10.3. The number of hydrogen-bond acceptors (Lipinski definition) is 2. The van der Waals surface area contributed by atoms with Crippen molar-refractivity contribution in [1.29, 1.82) is 0 Å². The monoisotopic (exact) mass is 304 g/mol. The Kier molecular flexibility index (Phi) is 11.5.